The van der Waals surface area contributed by atoms with Crippen LogP contribution >= 0.6 is 0 Å². The summed E-state index contributed by atoms with van der Waals surface area (Å²) in [6.07, 6.45) is -1.99. The molecule has 0 radical (unpaired) electrons. The summed E-state index contributed by atoms with van der Waals surface area (Å²) in [5, 5.41) is 0. The minimum absolute atomic E-state index is 0.0647. The second-order valence-corrected chi connectivity index (χ2v) is 6.73. The first-order valence-corrected chi connectivity index (χ1v) is 9.93. The molecule has 0 spiro atoms. The molecular weight excluding hydrogens is 400 g/mol. The lowest BCUT2D eigenvalue weighted by Gasteiger charge is -2.27. The number of amides is 1. The van der Waals surface area contributed by atoms with E-state index in [9.17, 15) is 22.4 Å². The van der Waals surface area contributed by atoms with Crippen LogP contribution in [-0.2, 0) is 11.0 Å². The number of rotatable bonds is 9. The van der Waals surface area contributed by atoms with E-state index in [0.29, 0.717) is 13.0 Å². The number of alkyl halides is 3. The topological polar surface area (TPSA) is 49.3 Å². The molecule has 164 valence electrons. The fourth-order valence-corrected chi connectivity index (χ4v) is 3.15. The van der Waals surface area contributed by atoms with Gasteiger partial charge in [-0.05, 0) is 44.3 Å². The van der Waals surface area contributed by atoms with E-state index >= 15 is 0 Å². The van der Waals surface area contributed by atoms with Gasteiger partial charge >= 0.3 is 6.18 Å². The second kappa shape index (κ2) is 10.5. The van der Waals surface area contributed by atoms with Crippen LogP contribution in [0, 0.1) is 5.82 Å². The number of hydrogen-bond acceptors (Lipinski definition) is 4. The molecule has 0 aromatic carbocycles. The quantitative estimate of drug-likeness (QED) is 0.542. The summed E-state index contributed by atoms with van der Waals surface area (Å²) in [7, 11) is 0. The number of carbonyl (C=O) groups excluding carboxylic acids is 1. The van der Waals surface area contributed by atoms with Crippen LogP contribution in [0.3, 0.4) is 0 Å². The Balaban J connectivity index is 2.42. The highest BCUT2D eigenvalue weighted by Crippen LogP contribution is 2.37. The first-order chi connectivity index (χ1) is 14.2. The molecule has 5 nitrogen and oxygen atoms in total. The molecule has 0 bridgehead atoms. The molecule has 0 saturated carbocycles. The van der Waals surface area contributed by atoms with Crippen LogP contribution in [0.4, 0.5) is 23.2 Å². The van der Waals surface area contributed by atoms with Crippen LogP contribution in [0.25, 0.3) is 11.3 Å². The molecule has 0 aliphatic rings. The smallest absolute Gasteiger partial charge is 0.310 e. The average molecular weight is 426 g/mol. The third-order valence-corrected chi connectivity index (χ3v) is 4.79. The molecule has 0 aliphatic heterocycles. The summed E-state index contributed by atoms with van der Waals surface area (Å²) >= 11 is 0. The molecule has 0 unspecified atom stereocenters. The van der Waals surface area contributed by atoms with Gasteiger partial charge in [-0.1, -0.05) is 20.8 Å². The van der Waals surface area contributed by atoms with Crippen LogP contribution in [-0.4, -0.2) is 47.0 Å². The molecule has 0 fully saturated rings. The lowest BCUT2D eigenvalue weighted by Crippen LogP contribution is -2.35. The number of hydrogen-bond donors (Lipinski definition) is 0. The molecule has 2 rings (SSSR count). The normalized spacial score (nSPS) is 11.7. The first kappa shape index (κ1) is 23.7. The molecule has 0 N–H and O–H groups in total. The fraction of sp³-hybridized carbons (Fsp3) is 0.476. The van der Waals surface area contributed by atoms with Gasteiger partial charge in [-0.25, -0.2) is 9.37 Å². The van der Waals surface area contributed by atoms with Gasteiger partial charge in [-0.2, -0.15) is 13.2 Å². The summed E-state index contributed by atoms with van der Waals surface area (Å²) in [5.74, 6) is -1.09. The van der Waals surface area contributed by atoms with Gasteiger partial charge in [0.2, 0.25) is 5.91 Å². The van der Waals surface area contributed by atoms with Crippen molar-refractivity contribution in [3.05, 3.63) is 42.1 Å². The zero-order valence-electron chi connectivity index (χ0n) is 17.3. The van der Waals surface area contributed by atoms with Crippen molar-refractivity contribution in [2.75, 3.05) is 31.1 Å². The van der Waals surface area contributed by atoms with Crippen molar-refractivity contribution in [1.29, 1.82) is 0 Å². The maximum absolute atomic E-state index is 13.8. The van der Waals surface area contributed by atoms with E-state index in [-0.39, 0.29) is 29.9 Å². The van der Waals surface area contributed by atoms with Crippen LogP contribution < -0.4 is 4.90 Å². The summed E-state index contributed by atoms with van der Waals surface area (Å²) in [6, 6.07) is 3.64. The molecule has 0 atom stereocenters. The number of carbonyl (C=O) groups is 1. The van der Waals surface area contributed by atoms with Gasteiger partial charge in [0.1, 0.15) is 5.82 Å². The third kappa shape index (κ3) is 5.98. The van der Waals surface area contributed by atoms with Crippen LogP contribution in [0.15, 0.2) is 30.6 Å². The summed E-state index contributed by atoms with van der Waals surface area (Å²) in [4.78, 5) is 23.1. The lowest BCUT2D eigenvalue weighted by atomic mass is 10.1. The van der Waals surface area contributed by atoms with Crippen molar-refractivity contribution in [1.82, 2.24) is 14.9 Å². The minimum atomic E-state index is -4.78. The Bertz CT molecular complexity index is 853. The van der Waals surface area contributed by atoms with Crippen molar-refractivity contribution in [2.24, 2.45) is 0 Å². The summed E-state index contributed by atoms with van der Waals surface area (Å²) in [5.41, 5.74) is -1.40. The zero-order chi connectivity index (χ0) is 22.3. The largest absolute Gasteiger partial charge is 0.435 e. The summed E-state index contributed by atoms with van der Waals surface area (Å²) < 4.78 is 54.9. The monoisotopic (exact) mass is 426 g/mol. The number of aromatic nitrogens is 2. The Morgan fingerprint density at radius 3 is 2.33 bits per heavy atom. The van der Waals surface area contributed by atoms with E-state index in [1.54, 1.807) is 6.92 Å². The van der Waals surface area contributed by atoms with Gasteiger partial charge in [0, 0.05) is 24.7 Å². The molecular formula is C21H26F4N4O. The van der Waals surface area contributed by atoms with Gasteiger partial charge in [-0.3, -0.25) is 9.78 Å². The van der Waals surface area contributed by atoms with E-state index in [4.69, 9.17) is 0 Å². The highest BCUT2D eigenvalue weighted by molar-refractivity contribution is 5.94. The molecule has 30 heavy (non-hydrogen) atoms. The van der Waals surface area contributed by atoms with Crippen LogP contribution in [0.5, 0.6) is 0 Å². The Morgan fingerprint density at radius 2 is 1.77 bits per heavy atom. The maximum Gasteiger partial charge on any atom is 0.435 e. The zero-order valence-corrected chi connectivity index (χ0v) is 17.3. The van der Waals surface area contributed by atoms with Crippen LogP contribution in [0.1, 0.15) is 39.3 Å². The van der Waals surface area contributed by atoms with Crippen molar-refractivity contribution in [3.63, 3.8) is 0 Å². The molecule has 9 heteroatoms. The van der Waals surface area contributed by atoms with Crippen LogP contribution in [0.2, 0.25) is 0 Å². The van der Waals surface area contributed by atoms with Gasteiger partial charge in [0.05, 0.1) is 17.6 Å². The SMILES string of the molecule is CCC(=O)N(CCCN(CC)CC)c1ccc(-c2cncc(F)c2)nc1C(F)(F)F. The molecule has 2 aromatic heterocycles. The predicted molar refractivity (Wildman–Crippen MR) is 107 cm³/mol. The lowest BCUT2D eigenvalue weighted by molar-refractivity contribution is -0.140. The highest BCUT2D eigenvalue weighted by Gasteiger charge is 2.38. The van der Waals surface area contributed by atoms with Crippen molar-refractivity contribution < 1.29 is 22.4 Å². The van der Waals surface area contributed by atoms with E-state index in [2.05, 4.69) is 14.9 Å². The Kier molecular flexibility index (Phi) is 8.28. The number of halogens is 4. The van der Waals surface area contributed by atoms with Gasteiger partial charge in [0.25, 0.3) is 0 Å². The average Bonchev–Trinajstić information content (AvgIpc) is 2.72. The highest BCUT2D eigenvalue weighted by atomic mass is 19.4. The predicted octanol–water partition coefficient (Wildman–Crippen LogP) is 4.78. The van der Waals surface area contributed by atoms with Gasteiger partial charge in [0.15, 0.2) is 5.69 Å². The Labute approximate surface area is 173 Å². The van der Waals surface area contributed by atoms with Crippen molar-refractivity contribution in [2.45, 2.75) is 39.8 Å². The number of nitrogens with zero attached hydrogens (tertiary/aromatic N) is 4. The Hall–Kier alpha value is -2.55. The number of anilines is 1. The molecule has 0 saturated heterocycles. The van der Waals surface area contributed by atoms with E-state index in [1.165, 1.54) is 18.3 Å². The summed E-state index contributed by atoms with van der Waals surface area (Å²) in [6.45, 7) is 8.08. The molecule has 1 amide bonds. The maximum atomic E-state index is 13.8. The van der Waals surface area contributed by atoms with Crippen molar-refractivity contribution >= 4 is 11.6 Å². The minimum Gasteiger partial charge on any atom is -0.310 e. The Morgan fingerprint density at radius 1 is 1.07 bits per heavy atom. The second-order valence-electron chi connectivity index (χ2n) is 6.73. The van der Waals surface area contributed by atoms with Crippen molar-refractivity contribution in [3.8, 4) is 11.3 Å². The van der Waals surface area contributed by atoms with Gasteiger partial charge in [-0.15, -0.1) is 0 Å². The molecule has 0 aliphatic carbocycles. The van der Waals surface area contributed by atoms with E-state index in [1.807, 2.05) is 13.8 Å². The first-order valence-electron chi connectivity index (χ1n) is 9.93. The fourth-order valence-electron chi connectivity index (χ4n) is 3.15. The third-order valence-electron chi connectivity index (χ3n) is 4.79. The number of pyridine rings is 2. The molecule has 2 heterocycles. The van der Waals surface area contributed by atoms with E-state index < -0.39 is 23.6 Å². The standard InChI is InChI=1S/C21H26F4N4O/c1-4-19(30)29(11-7-10-28(5-2)6-3)18-9-8-17(27-20(18)21(23,24)25)15-12-16(22)14-26-13-15/h8-9,12-14H,4-7,10-11H2,1-3H3. The molecule has 2 aromatic rings. The van der Waals surface area contributed by atoms with Gasteiger partial charge < -0.3 is 9.80 Å². The van der Waals surface area contributed by atoms with E-state index in [0.717, 1.165) is 30.3 Å².